The molecule has 1 aliphatic heterocycles. The zero-order valence-electron chi connectivity index (χ0n) is 28.0. The number of benzene rings is 5. The molecule has 2 unspecified atom stereocenters. The molecule has 4 heterocycles. The fourth-order valence-electron chi connectivity index (χ4n) is 8.63. The third kappa shape index (κ3) is 4.37. The summed E-state index contributed by atoms with van der Waals surface area (Å²) in [7, 11) is 0. The average Bonchev–Trinajstić information content (AvgIpc) is 3.85. The van der Waals surface area contributed by atoms with Crippen LogP contribution in [0.5, 0.6) is 0 Å². The van der Waals surface area contributed by atoms with Crippen molar-refractivity contribution in [2.24, 2.45) is 4.99 Å². The molecular weight excluding hydrogens is 625 g/mol. The van der Waals surface area contributed by atoms with Crippen molar-refractivity contribution in [3.05, 3.63) is 167 Å². The minimum atomic E-state index is -0.256. The number of anilines is 1. The van der Waals surface area contributed by atoms with Gasteiger partial charge in [-0.2, -0.15) is 0 Å². The Hall–Kier alpha value is -6.33. The number of aliphatic imine (C=N–C) groups is 1. The molecule has 11 rings (SSSR count). The zero-order chi connectivity index (χ0) is 33.5. The van der Waals surface area contributed by atoms with Crippen molar-refractivity contribution in [3.8, 4) is 16.8 Å². The summed E-state index contributed by atoms with van der Waals surface area (Å²) in [5, 5.41) is 7.58. The lowest BCUT2D eigenvalue weighted by atomic mass is 9.86. The van der Waals surface area contributed by atoms with Gasteiger partial charge in [-0.3, -0.25) is 0 Å². The van der Waals surface area contributed by atoms with E-state index in [1.165, 1.54) is 66.3 Å². The van der Waals surface area contributed by atoms with Crippen molar-refractivity contribution in [1.29, 1.82) is 0 Å². The van der Waals surface area contributed by atoms with Crippen LogP contribution >= 0.6 is 0 Å². The molecule has 244 valence electrons. The summed E-state index contributed by atoms with van der Waals surface area (Å²) in [5.41, 5.74) is 13.4. The van der Waals surface area contributed by atoms with Crippen LogP contribution in [-0.2, 0) is 12.8 Å². The van der Waals surface area contributed by atoms with Gasteiger partial charge in [0, 0.05) is 45.4 Å². The van der Waals surface area contributed by atoms with Gasteiger partial charge in [0.15, 0.2) is 5.76 Å². The molecular formula is C46H34N4O. The lowest BCUT2D eigenvalue weighted by Crippen LogP contribution is -2.22. The van der Waals surface area contributed by atoms with Crippen LogP contribution in [0.2, 0.25) is 0 Å². The molecule has 0 radical (unpaired) electrons. The molecule has 0 spiro atoms. The minimum absolute atomic E-state index is 0.256. The van der Waals surface area contributed by atoms with E-state index in [9.17, 15) is 0 Å². The van der Waals surface area contributed by atoms with Crippen LogP contribution < -0.4 is 5.32 Å². The van der Waals surface area contributed by atoms with Gasteiger partial charge in [-0.1, -0.05) is 103 Å². The predicted molar refractivity (Wildman–Crippen MR) is 210 cm³/mol. The standard InChI is InChI=1S/C46H34N4O/c1-2-10-29(11-3-1)30-18-22-33(23-19-30)49-39-15-7-4-12-34(39)37-26-31(20-24-41(37)49)32-21-25-42-38(27-32)35-13-5-8-16-40(35)50(42)46-47-28-44-45(48-46)36-14-6-9-17-43(36)51-44/h1-8,10-16,18-26,28,32,46,48H,9,17,27H2. The number of nitrogens with zero attached hydrogens (tertiary/aromatic N) is 3. The second-order valence-electron chi connectivity index (χ2n) is 13.9. The quantitative estimate of drug-likeness (QED) is 0.205. The number of furan rings is 1. The Kier molecular flexibility index (Phi) is 6.20. The first-order valence-electron chi connectivity index (χ1n) is 17.9. The van der Waals surface area contributed by atoms with E-state index in [2.05, 4.69) is 160 Å². The number of allylic oxidation sites excluding steroid dienone is 2. The Morgan fingerprint density at radius 3 is 2.35 bits per heavy atom. The average molecular weight is 659 g/mol. The van der Waals surface area contributed by atoms with Gasteiger partial charge in [-0.15, -0.1) is 0 Å². The second-order valence-corrected chi connectivity index (χ2v) is 13.9. The van der Waals surface area contributed by atoms with Crippen LogP contribution in [0.25, 0.3) is 61.7 Å². The lowest BCUT2D eigenvalue weighted by Gasteiger charge is -2.25. The van der Waals surface area contributed by atoms with E-state index >= 15 is 0 Å². The van der Waals surface area contributed by atoms with E-state index in [-0.39, 0.29) is 12.2 Å². The van der Waals surface area contributed by atoms with Crippen molar-refractivity contribution < 1.29 is 4.42 Å². The third-order valence-corrected chi connectivity index (χ3v) is 11.0. The summed E-state index contributed by atoms with van der Waals surface area (Å²) in [6.45, 7) is 0. The number of aromatic nitrogens is 2. The largest absolute Gasteiger partial charge is 0.457 e. The Morgan fingerprint density at radius 1 is 0.706 bits per heavy atom. The molecule has 0 fully saturated rings. The Labute approximate surface area is 295 Å². The maximum absolute atomic E-state index is 6.17. The molecule has 2 atom stereocenters. The molecule has 5 nitrogen and oxygen atoms in total. The van der Waals surface area contributed by atoms with Gasteiger partial charge in [-0.25, -0.2) is 4.99 Å². The topological polar surface area (TPSA) is 47.4 Å². The zero-order valence-corrected chi connectivity index (χ0v) is 28.0. The van der Waals surface area contributed by atoms with Gasteiger partial charge < -0.3 is 18.9 Å². The maximum Gasteiger partial charge on any atom is 0.201 e. The molecule has 2 aliphatic carbocycles. The number of hydrogen-bond acceptors (Lipinski definition) is 3. The third-order valence-electron chi connectivity index (χ3n) is 11.0. The highest BCUT2D eigenvalue weighted by Crippen LogP contribution is 2.43. The van der Waals surface area contributed by atoms with Crippen LogP contribution in [0.1, 0.15) is 52.5 Å². The number of para-hydroxylation sites is 2. The van der Waals surface area contributed by atoms with Crippen LogP contribution in [-0.4, -0.2) is 15.3 Å². The summed E-state index contributed by atoms with van der Waals surface area (Å²) in [4.78, 5) is 4.98. The lowest BCUT2D eigenvalue weighted by molar-refractivity contribution is 0.497. The summed E-state index contributed by atoms with van der Waals surface area (Å²) >= 11 is 0. The molecule has 5 aromatic carbocycles. The molecule has 3 aromatic heterocycles. The Morgan fingerprint density at radius 2 is 1.47 bits per heavy atom. The number of nitrogens with one attached hydrogen (secondary N) is 1. The molecule has 0 amide bonds. The first-order valence-corrected chi connectivity index (χ1v) is 17.9. The number of fused-ring (bicyclic) bond motifs is 9. The Bertz CT molecular complexity index is 2750. The Balaban J connectivity index is 0.970. The SMILES string of the molecule is C1=Cc2c(oc3c2NC(n2c4c(c5ccccc52)CC(c2ccc5c(c2)c2ccccc2n5-c2ccc(-c5ccccc5)cc2)C=C4)N=C3)CC1. The maximum atomic E-state index is 6.17. The van der Waals surface area contributed by atoms with E-state index in [1.54, 1.807) is 0 Å². The van der Waals surface area contributed by atoms with Gasteiger partial charge in [-0.05, 0) is 77.6 Å². The van der Waals surface area contributed by atoms with Gasteiger partial charge in [0.1, 0.15) is 5.76 Å². The monoisotopic (exact) mass is 658 g/mol. The van der Waals surface area contributed by atoms with Crippen LogP contribution in [0.3, 0.4) is 0 Å². The number of rotatable bonds is 4. The van der Waals surface area contributed by atoms with Crippen molar-refractivity contribution >= 4 is 56.8 Å². The van der Waals surface area contributed by atoms with Gasteiger partial charge in [0.05, 0.1) is 28.5 Å². The fraction of sp³-hybridized carbons (Fsp3) is 0.109. The molecule has 0 bridgehead atoms. The molecule has 8 aromatic rings. The highest BCUT2D eigenvalue weighted by molar-refractivity contribution is 6.09. The highest BCUT2D eigenvalue weighted by atomic mass is 16.3. The smallest absolute Gasteiger partial charge is 0.201 e. The van der Waals surface area contributed by atoms with Crippen molar-refractivity contribution in [1.82, 2.24) is 9.13 Å². The van der Waals surface area contributed by atoms with Crippen molar-refractivity contribution in [2.75, 3.05) is 5.32 Å². The van der Waals surface area contributed by atoms with Gasteiger partial charge >= 0.3 is 0 Å². The molecule has 1 N–H and O–H groups in total. The van der Waals surface area contributed by atoms with Gasteiger partial charge in [0.2, 0.25) is 6.29 Å². The second kappa shape index (κ2) is 11.1. The summed E-state index contributed by atoms with van der Waals surface area (Å²) < 4.78 is 10.9. The van der Waals surface area contributed by atoms with E-state index in [0.717, 1.165) is 42.0 Å². The molecule has 5 heteroatoms. The van der Waals surface area contributed by atoms with Crippen LogP contribution in [0.4, 0.5) is 5.69 Å². The van der Waals surface area contributed by atoms with E-state index < -0.39 is 0 Å². The molecule has 0 saturated heterocycles. The fourth-order valence-corrected chi connectivity index (χ4v) is 8.63. The van der Waals surface area contributed by atoms with Gasteiger partial charge in [0.25, 0.3) is 0 Å². The molecule has 0 saturated carbocycles. The number of hydrogen-bond donors (Lipinski definition) is 1. The molecule has 51 heavy (non-hydrogen) atoms. The minimum Gasteiger partial charge on any atom is -0.457 e. The summed E-state index contributed by atoms with van der Waals surface area (Å²) in [6.07, 6.45) is 13.7. The predicted octanol–water partition coefficient (Wildman–Crippen LogP) is 11.3. The summed E-state index contributed by atoms with van der Waals surface area (Å²) in [5.74, 6) is 2.13. The number of aryl methyl sites for hydroxylation is 1. The van der Waals surface area contributed by atoms with Crippen LogP contribution in [0.15, 0.2) is 143 Å². The first kappa shape index (κ1) is 28.5. The highest BCUT2D eigenvalue weighted by Gasteiger charge is 2.30. The van der Waals surface area contributed by atoms with E-state index in [1.807, 2.05) is 6.21 Å². The first-order chi connectivity index (χ1) is 25.3. The van der Waals surface area contributed by atoms with Crippen molar-refractivity contribution in [3.63, 3.8) is 0 Å². The normalized spacial score (nSPS) is 17.5. The van der Waals surface area contributed by atoms with E-state index in [4.69, 9.17) is 9.41 Å². The van der Waals surface area contributed by atoms with Crippen molar-refractivity contribution in [2.45, 2.75) is 31.5 Å². The molecule has 3 aliphatic rings. The van der Waals surface area contributed by atoms with Crippen LogP contribution in [0, 0.1) is 0 Å². The van der Waals surface area contributed by atoms with E-state index in [0.29, 0.717) is 0 Å². The summed E-state index contributed by atoms with van der Waals surface area (Å²) in [6, 6.07) is 44.2.